The summed E-state index contributed by atoms with van der Waals surface area (Å²) >= 11 is 0. The first-order valence-corrected chi connectivity index (χ1v) is 36.4. The molecule has 0 aliphatic carbocycles. The topological polar surface area (TPSA) is 418 Å². The molecule has 5 aromatic rings. The van der Waals surface area contributed by atoms with Crippen molar-refractivity contribution < 1.29 is 51.6 Å². The summed E-state index contributed by atoms with van der Waals surface area (Å²) in [4.78, 5) is 32.7. The van der Waals surface area contributed by atoms with Gasteiger partial charge in [0.2, 0.25) is 0 Å². The number of nitrogens with zero attached hydrogens (tertiary/aromatic N) is 15. The van der Waals surface area contributed by atoms with Crippen LogP contribution in [0.5, 0.6) is 0 Å². The standard InChI is InChI=1S/C16H30N5O.C15H28N5O.C14H26N5O.C13H24N5O2.C13H24N5O/c1-4-21(3,5-2)8-6-14-12-20(7-9-22-14)16-15(18)10-13(17)11-19-16;1-4-20(3,5-2)11-13-10-19(6-7-21-13)15-14(17)8-12(16)9-18-15;1-19(2,3)6-4-12-10-18(5-7-20-12)14-13(16)8-11(15)9-17-14;14-11-9-12(15)13(16-10-11)17-1-3-18(4-2-17,5-7-19)6-8-20;1-18(2,3)9-11-8-17(4-5-19-11)13-12(15)6-10(14)7-16-13/h10-11,14H,4-9,12,17-18H2,1-3H3;8-9,13H,4-7,10-11,16-17H2,1-3H3;8-9,12H,4-7,10,15-16H2,1-3H3;9-10,19-20H,1-8,14-15H2;6-7,11H,4-5,8-9,14-15H2,1-3H3/q5*+1. The average molecular weight is 1430 g/mol. The average Bonchev–Trinajstić information content (AvgIpc) is 0.912. The molecule has 0 bridgehead atoms. The summed E-state index contributed by atoms with van der Waals surface area (Å²) in [7, 11) is 17.7. The molecule has 4 atom stereocenters. The van der Waals surface area contributed by atoms with E-state index in [0.29, 0.717) is 89.8 Å². The van der Waals surface area contributed by atoms with Gasteiger partial charge in [0.15, 0.2) is 29.1 Å². The Morgan fingerprint density at radius 3 is 0.951 bits per heavy atom. The van der Waals surface area contributed by atoms with Gasteiger partial charge in [-0.05, 0) is 58.0 Å². The van der Waals surface area contributed by atoms with Gasteiger partial charge in [-0.2, -0.15) is 0 Å². The van der Waals surface area contributed by atoms with E-state index in [4.69, 9.17) is 76.3 Å². The molecular formula is C71H132N25O6+5. The first kappa shape index (κ1) is 83.3. The lowest BCUT2D eigenvalue weighted by Crippen LogP contribution is -2.61. The number of piperazine rings is 1. The number of anilines is 15. The maximum absolute atomic E-state index is 9.21. The van der Waals surface area contributed by atoms with Crippen LogP contribution in [0.15, 0.2) is 61.3 Å². The number of ether oxygens (including phenoxy) is 4. The molecule has 10 heterocycles. The number of aromatic nitrogens is 5. The summed E-state index contributed by atoms with van der Waals surface area (Å²) in [6, 6.07) is 8.78. The molecule has 5 fully saturated rings. The lowest BCUT2D eigenvalue weighted by atomic mass is 10.1. The first-order valence-electron chi connectivity index (χ1n) is 36.4. The minimum Gasteiger partial charge on any atom is -0.397 e. The van der Waals surface area contributed by atoms with Crippen LogP contribution in [0.3, 0.4) is 0 Å². The first-order chi connectivity index (χ1) is 48.2. The van der Waals surface area contributed by atoms with Crippen molar-refractivity contribution in [2.75, 3.05) is 322 Å². The van der Waals surface area contributed by atoms with E-state index in [2.05, 4.69) is 133 Å². The molecular weight excluding hydrogens is 1300 g/mol. The van der Waals surface area contributed by atoms with Crippen LogP contribution in [0.4, 0.5) is 86.0 Å². The molecule has 5 saturated heterocycles. The molecule has 0 amide bonds. The van der Waals surface area contributed by atoms with Crippen LogP contribution in [0, 0.1) is 0 Å². The monoisotopic (exact) mass is 1430 g/mol. The van der Waals surface area contributed by atoms with Gasteiger partial charge < -0.3 is 133 Å². The Kier molecular flexibility index (Phi) is 31.6. The number of hydrogen-bond acceptors (Lipinski definition) is 26. The quantitative estimate of drug-likeness (QED) is 0.0415. The number of nitrogen functional groups attached to an aromatic ring is 10. The highest BCUT2D eigenvalue weighted by molar-refractivity contribution is 5.70. The summed E-state index contributed by atoms with van der Waals surface area (Å²) < 4.78 is 28.2. The van der Waals surface area contributed by atoms with E-state index in [-0.39, 0.29) is 37.6 Å². The molecule has 4 unspecified atom stereocenters. The van der Waals surface area contributed by atoms with E-state index in [9.17, 15) is 10.2 Å². The highest BCUT2D eigenvalue weighted by Crippen LogP contribution is 2.30. The highest BCUT2D eigenvalue weighted by atomic mass is 16.5. The lowest BCUT2D eigenvalue weighted by Gasteiger charge is -2.44. The number of hydrogen-bond donors (Lipinski definition) is 12. The van der Waals surface area contributed by atoms with Crippen LogP contribution >= 0.6 is 0 Å². The van der Waals surface area contributed by atoms with E-state index in [1.807, 2.05) is 0 Å². The maximum Gasteiger partial charge on any atom is 0.152 e. The van der Waals surface area contributed by atoms with Gasteiger partial charge in [0, 0.05) is 52.1 Å². The number of morpholine rings is 4. The summed E-state index contributed by atoms with van der Waals surface area (Å²) in [6.45, 7) is 32.1. The fourth-order valence-corrected chi connectivity index (χ4v) is 13.2. The Morgan fingerprint density at radius 1 is 0.382 bits per heavy atom. The Hall–Kier alpha value is -7.69. The van der Waals surface area contributed by atoms with Crippen LogP contribution in [0.1, 0.15) is 40.5 Å². The van der Waals surface area contributed by atoms with Crippen molar-refractivity contribution in [2.24, 2.45) is 0 Å². The lowest BCUT2D eigenvalue weighted by molar-refractivity contribution is -0.929. The number of likely N-dealkylation sites (N-methyl/N-ethyl adjacent to an activating group) is 2. The molecule has 572 valence electrons. The van der Waals surface area contributed by atoms with E-state index >= 15 is 0 Å². The second kappa shape index (κ2) is 38.7. The molecule has 31 heteroatoms. The summed E-state index contributed by atoms with van der Waals surface area (Å²) in [5, 5.41) is 18.4. The number of aliphatic hydroxyl groups is 2. The number of rotatable bonds is 23. The molecule has 0 aromatic carbocycles. The van der Waals surface area contributed by atoms with Crippen molar-refractivity contribution in [1.29, 1.82) is 0 Å². The van der Waals surface area contributed by atoms with Gasteiger partial charge in [-0.1, -0.05) is 0 Å². The summed E-state index contributed by atoms with van der Waals surface area (Å²) in [6.07, 6.45) is 11.2. The number of aliphatic hydroxyl groups excluding tert-OH is 2. The van der Waals surface area contributed by atoms with E-state index in [1.165, 1.54) is 0 Å². The van der Waals surface area contributed by atoms with Gasteiger partial charge >= 0.3 is 0 Å². The summed E-state index contributed by atoms with van der Waals surface area (Å²) in [5.41, 5.74) is 64.6. The molecule has 0 radical (unpaired) electrons. The maximum atomic E-state index is 9.21. The van der Waals surface area contributed by atoms with Crippen LogP contribution in [0.2, 0.25) is 0 Å². The van der Waals surface area contributed by atoms with Gasteiger partial charge in [0.1, 0.15) is 38.4 Å². The molecule has 5 aromatic heterocycles. The highest BCUT2D eigenvalue weighted by Gasteiger charge is 2.35. The zero-order chi connectivity index (χ0) is 75.0. The van der Waals surface area contributed by atoms with E-state index in [1.54, 1.807) is 61.3 Å². The molecule has 102 heavy (non-hydrogen) atoms. The van der Waals surface area contributed by atoms with Crippen LogP contribution in [-0.4, -0.2) is 322 Å². The Balaban J connectivity index is 0.000000201. The minimum absolute atomic E-state index is 0.141. The van der Waals surface area contributed by atoms with Crippen molar-refractivity contribution >= 4 is 86.0 Å². The Labute approximate surface area is 608 Å². The van der Waals surface area contributed by atoms with Crippen LogP contribution in [0.25, 0.3) is 0 Å². The summed E-state index contributed by atoms with van der Waals surface area (Å²) in [5.74, 6) is 4.04. The molecule has 0 saturated carbocycles. The SMILES string of the molecule is CC[N+](C)(CC)CC1CN(c2ncc(N)cc2N)CCO1.CC[N+](C)(CC)CCC1CN(c2ncc(N)cc2N)CCO1.C[N+](C)(C)CC1CN(c2ncc(N)cc2N)CCO1.C[N+](C)(C)CCC1CN(c2ncc(N)cc2N)CCO1.Nc1cnc(N2CC[N+](CCO)(CCO)CC2)c(N)c1. The van der Waals surface area contributed by atoms with Gasteiger partial charge in [0.25, 0.3) is 0 Å². The minimum atomic E-state index is 0.141. The van der Waals surface area contributed by atoms with Gasteiger partial charge in [-0.25, -0.2) is 24.9 Å². The Morgan fingerprint density at radius 2 is 0.667 bits per heavy atom. The molecule has 0 spiro atoms. The predicted octanol–water partition coefficient (Wildman–Crippen LogP) is 1.84. The van der Waals surface area contributed by atoms with E-state index < -0.39 is 0 Å². The van der Waals surface area contributed by atoms with Crippen molar-refractivity contribution in [3.8, 4) is 0 Å². The van der Waals surface area contributed by atoms with Gasteiger partial charge in [0.05, 0.1) is 275 Å². The van der Waals surface area contributed by atoms with Gasteiger partial charge in [-0.15, -0.1) is 0 Å². The predicted molar refractivity (Wildman–Crippen MR) is 419 cm³/mol. The number of pyridine rings is 5. The molecule has 22 N–H and O–H groups in total. The molecule has 5 aliphatic rings. The van der Waals surface area contributed by atoms with Crippen LogP contribution in [-0.2, 0) is 18.9 Å². The fraction of sp³-hybridized carbons (Fsp3) is 0.648. The van der Waals surface area contributed by atoms with Crippen molar-refractivity contribution in [2.45, 2.75) is 65.0 Å². The zero-order valence-electron chi connectivity index (χ0n) is 63.8. The third kappa shape index (κ3) is 26.2. The normalized spacial score (nSPS) is 19.6. The van der Waals surface area contributed by atoms with Gasteiger partial charge in [-0.3, -0.25) is 0 Å². The van der Waals surface area contributed by atoms with Crippen molar-refractivity contribution in [3.63, 3.8) is 0 Å². The zero-order valence-corrected chi connectivity index (χ0v) is 63.8. The van der Waals surface area contributed by atoms with Crippen LogP contribution < -0.4 is 81.8 Å². The second-order valence-electron chi connectivity index (χ2n) is 30.3. The smallest absolute Gasteiger partial charge is 0.152 e. The Bertz CT molecular complexity index is 3300. The second-order valence-corrected chi connectivity index (χ2v) is 30.3. The van der Waals surface area contributed by atoms with Crippen molar-refractivity contribution in [3.05, 3.63) is 61.3 Å². The number of quaternary nitrogens is 5. The molecule has 10 rings (SSSR count). The largest absolute Gasteiger partial charge is 0.397 e. The van der Waals surface area contributed by atoms with Crippen molar-refractivity contribution in [1.82, 2.24) is 24.9 Å². The number of nitrogens with two attached hydrogens (primary N) is 10. The molecule has 31 nitrogen and oxygen atoms in total. The molecule has 5 aliphatic heterocycles. The van der Waals surface area contributed by atoms with E-state index in [0.717, 1.165) is 202 Å². The fourth-order valence-electron chi connectivity index (χ4n) is 13.2. The third-order valence-corrected chi connectivity index (χ3v) is 20.0. The third-order valence-electron chi connectivity index (χ3n) is 20.0.